The summed E-state index contributed by atoms with van der Waals surface area (Å²) in [6.07, 6.45) is 0. The molecule has 0 aliphatic heterocycles. The molecule has 15 heavy (non-hydrogen) atoms. The summed E-state index contributed by atoms with van der Waals surface area (Å²) in [5.41, 5.74) is 0.239. The number of hydrogen-bond acceptors (Lipinski definition) is 5. The molecular formula is C9H12N2O4. The third-order valence-electron chi connectivity index (χ3n) is 2.07. The van der Waals surface area contributed by atoms with E-state index in [9.17, 15) is 20.4 Å². The Morgan fingerprint density at radius 2 is 2.13 bits per heavy atom. The number of phenols is 1. The van der Waals surface area contributed by atoms with Crippen molar-refractivity contribution in [3.05, 3.63) is 27.8 Å². The highest BCUT2D eigenvalue weighted by Gasteiger charge is 2.19. The van der Waals surface area contributed by atoms with Gasteiger partial charge in [-0.2, -0.15) is 0 Å². The smallest absolute Gasteiger partial charge is 0.298 e. The lowest BCUT2D eigenvalue weighted by atomic mass is 10.1. The number of aromatic hydroxyl groups is 1. The van der Waals surface area contributed by atoms with Gasteiger partial charge in [-0.05, 0) is 25.5 Å². The van der Waals surface area contributed by atoms with E-state index in [1.54, 1.807) is 13.8 Å². The lowest BCUT2D eigenvalue weighted by Gasteiger charge is -2.15. The molecule has 0 spiro atoms. The minimum atomic E-state index is -0.645. The van der Waals surface area contributed by atoms with Crippen LogP contribution in [-0.2, 0) is 0 Å². The van der Waals surface area contributed by atoms with Crippen LogP contribution >= 0.6 is 0 Å². The van der Waals surface area contributed by atoms with Gasteiger partial charge in [0, 0.05) is 6.54 Å². The van der Waals surface area contributed by atoms with Crippen LogP contribution in [0.25, 0.3) is 0 Å². The van der Waals surface area contributed by atoms with E-state index in [1.165, 1.54) is 6.07 Å². The summed E-state index contributed by atoms with van der Waals surface area (Å²) in [6.45, 7) is 3.49. The number of hydrogen-bond donors (Lipinski definition) is 2. The van der Waals surface area contributed by atoms with Crippen molar-refractivity contribution in [1.29, 1.82) is 0 Å². The van der Waals surface area contributed by atoms with Crippen molar-refractivity contribution in [1.82, 2.24) is 0 Å². The number of hydroxylamine groups is 1. The lowest BCUT2D eigenvalue weighted by molar-refractivity contribution is -0.384. The second-order valence-corrected chi connectivity index (χ2v) is 3.10. The van der Waals surface area contributed by atoms with Crippen molar-refractivity contribution in [2.75, 3.05) is 11.6 Å². The van der Waals surface area contributed by atoms with Crippen molar-refractivity contribution in [2.24, 2.45) is 0 Å². The Hall–Kier alpha value is -1.82. The number of aryl methyl sites for hydroxylation is 1. The van der Waals surface area contributed by atoms with Crippen LogP contribution in [0, 0.1) is 17.0 Å². The van der Waals surface area contributed by atoms with Gasteiger partial charge in [-0.25, -0.2) is 0 Å². The van der Waals surface area contributed by atoms with Crippen LogP contribution in [0.3, 0.4) is 0 Å². The van der Waals surface area contributed by atoms with Gasteiger partial charge < -0.3 is 5.11 Å². The van der Waals surface area contributed by atoms with E-state index in [0.29, 0.717) is 5.56 Å². The minimum absolute atomic E-state index is 0.0813. The summed E-state index contributed by atoms with van der Waals surface area (Å²) in [6, 6.07) is 2.40. The summed E-state index contributed by atoms with van der Waals surface area (Å²) in [5.74, 6) is -0.157. The Morgan fingerprint density at radius 1 is 1.53 bits per heavy atom. The second-order valence-electron chi connectivity index (χ2n) is 3.10. The number of phenolic OH excluding ortho intramolecular Hbond substituents is 1. The molecule has 0 bridgehead atoms. The van der Waals surface area contributed by atoms with Gasteiger partial charge in [0.05, 0.1) is 11.0 Å². The fourth-order valence-electron chi connectivity index (χ4n) is 1.19. The molecule has 0 unspecified atom stereocenters. The monoisotopic (exact) mass is 212 g/mol. The molecule has 0 heterocycles. The summed E-state index contributed by atoms with van der Waals surface area (Å²) in [4.78, 5) is 10.0. The summed E-state index contributed by atoms with van der Waals surface area (Å²) in [7, 11) is 0. The highest BCUT2D eigenvalue weighted by atomic mass is 16.6. The van der Waals surface area contributed by atoms with Gasteiger partial charge >= 0.3 is 0 Å². The first-order valence-corrected chi connectivity index (χ1v) is 4.41. The Bertz CT molecular complexity index is 392. The predicted octanol–water partition coefficient (Wildman–Crippen LogP) is 1.82. The number of rotatable bonds is 3. The summed E-state index contributed by atoms with van der Waals surface area (Å²) < 4.78 is 0. The molecule has 0 aliphatic carbocycles. The third kappa shape index (κ3) is 2.16. The van der Waals surface area contributed by atoms with E-state index >= 15 is 0 Å². The van der Waals surface area contributed by atoms with Crippen molar-refractivity contribution in [3.63, 3.8) is 0 Å². The number of anilines is 1. The van der Waals surface area contributed by atoms with Gasteiger partial charge in [0.15, 0.2) is 0 Å². The molecule has 1 aromatic carbocycles. The molecule has 1 rings (SSSR count). The zero-order valence-corrected chi connectivity index (χ0v) is 8.47. The molecular weight excluding hydrogens is 200 g/mol. The average molecular weight is 212 g/mol. The van der Waals surface area contributed by atoms with Gasteiger partial charge in [-0.1, -0.05) is 0 Å². The Balaban J connectivity index is 3.34. The number of nitrogens with zero attached hydrogens (tertiary/aromatic N) is 2. The standard InChI is InChI=1S/C9H12N2O4/c1-3-10(13)7-4-6(2)9(12)5-8(7)11(14)15/h4-5,12-13H,3H2,1-2H3. The number of nitro benzene ring substituents is 1. The first kappa shape index (κ1) is 11.3. The SMILES string of the molecule is CCN(O)c1cc(C)c(O)cc1[N+](=O)[O-]. The van der Waals surface area contributed by atoms with Crippen LogP contribution in [0.2, 0.25) is 0 Å². The van der Waals surface area contributed by atoms with E-state index in [2.05, 4.69) is 0 Å². The second kappa shape index (κ2) is 4.14. The van der Waals surface area contributed by atoms with Crippen LogP contribution < -0.4 is 5.06 Å². The normalized spacial score (nSPS) is 10.1. The molecule has 0 radical (unpaired) electrons. The van der Waals surface area contributed by atoms with Crippen LogP contribution in [0.1, 0.15) is 12.5 Å². The van der Waals surface area contributed by atoms with Crippen molar-refractivity contribution in [2.45, 2.75) is 13.8 Å². The molecule has 0 saturated carbocycles. The molecule has 2 N–H and O–H groups in total. The Morgan fingerprint density at radius 3 is 2.60 bits per heavy atom. The maximum atomic E-state index is 10.7. The fraction of sp³-hybridized carbons (Fsp3) is 0.333. The molecule has 0 aromatic heterocycles. The van der Waals surface area contributed by atoms with Gasteiger partial charge in [0.2, 0.25) is 0 Å². The molecule has 0 amide bonds. The molecule has 82 valence electrons. The maximum Gasteiger partial charge on any atom is 0.298 e. The van der Waals surface area contributed by atoms with Gasteiger partial charge in [0.25, 0.3) is 5.69 Å². The van der Waals surface area contributed by atoms with E-state index in [1.807, 2.05) is 0 Å². The largest absolute Gasteiger partial charge is 0.507 e. The molecule has 1 aromatic rings. The first-order valence-electron chi connectivity index (χ1n) is 4.41. The van der Waals surface area contributed by atoms with Gasteiger partial charge in [0.1, 0.15) is 11.4 Å². The minimum Gasteiger partial charge on any atom is -0.507 e. The van der Waals surface area contributed by atoms with Gasteiger partial charge in [-0.15, -0.1) is 0 Å². The average Bonchev–Trinajstić information content (AvgIpc) is 2.20. The van der Waals surface area contributed by atoms with Gasteiger partial charge in [-0.3, -0.25) is 20.4 Å². The molecule has 0 saturated heterocycles. The highest BCUT2D eigenvalue weighted by molar-refractivity contribution is 5.66. The maximum absolute atomic E-state index is 10.7. The van der Waals surface area contributed by atoms with Crippen LogP contribution in [-0.4, -0.2) is 21.8 Å². The molecule has 0 fully saturated rings. The Labute approximate surface area is 86.5 Å². The van der Waals surface area contributed by atoms with E-state index in [4.69, 9.17) is 0 Å². The van der Waals surface area contributed by atoms with Crippen LogP contribution in [0.4, 0.5) is 11.4 Å². The molecule has 0 atom stereocenters. The number of benzene rings is 1. The number of nitro groups is 1. The Kier molecular flexibility index (Phi) is 3.11. The summed E-state index contributed by atoms with van der Waals surface area (Å²) >= 11 is 0. The highest BCUT2D eigenvalue weighted by Crippen LogP contribution is 2.33. The van der Waals surface area contributed by atoms with E-state index in [-0.39, 0.29) is 23.7 Å². The van der Waals surface area contributed by atoms with Crippen molar-refractivity contribution < 1.29 is 15.2 Å². The fourth-order valence-corrected chi connectivity index (χ4v) is 1.19. The zero-order valence-electron chi connectivity index (χ0n) is 8.47. The van der Waals surface area contributed by atoms with E-state index < -0.39 is 4.92 Å². The topological polar surface area (TPSA) is 86.8 Å². The van der Waals surface area contributed by atoms with Crippen molar-refractivity contribution >= 4 is 11.4 Å². The molecule has 6 nitrogen and oxygen atoms in total. The molecule has 0 aliphatic rings. The first-order chi connectivity index (χ1) is 6.97. The van der Waals surface area contributed by atoms with Crippen molar-refractivity contribution in [3.8, 4) is 5.75 Å². The predicted molar refractivity (Wildman–Crippen MR) is 54.3 cm³/mol. The zero-order chi connectivity index (χ0) is 11.6. The van der Waals surface area contributed by atoms with E-state index in [0.717, 1.165) is 11.1 Å². The third-order valence-corrected chi connectivity index (χ3v) is 2.07. The lowest BCUT2D eigenvalue weighted by Crippen LogP contribution is -2.18. The quantitative estimate of drug-likeness (QED) is 0.589. The molecule has 6 heteroatoms. The summed E-state index contributed by atoms with van der Waals surface area (Å²) in [5, 5.41) is 30.2. The van der Waals surface area contributed by atoms with Crippen LogP contribution in [0.15, 0.2) is 12.1 Å². The van der Waals surface area contributed by atoms with Crippen LogP contribution in [0.5, 0.6) is 5.75 Å².